The average molecular weight is 364 g/mol. The lowest BCUT2D eigenvalue weighted by molar-refractivity contribution is 0.0951. The highest BCUT2D eigenvalue weighted by Crippen LogP contribution is 2.27. The number of nitrogens with zero attached hydrogens (tertiary/aromatic N) is 4. The molecule has 1 aromatic heterocycles. The molecule has 0 unspecified atom stereocenters. The minimum atomic E-state index is -0.119. The predicted octanol–water partition coefficient (Wildman–Crippen LogP) is 1.41. The van der Waals surface area contributed by atoms with E-state index in [2.05, 4.69) is 20.2 Å². The van der Waals surface area contributed by atoms with E-state index in [0.29, 0.717) is 30.8 Å². The maximum Gasteiger partial charge on any atom is 0.251 e. The second kappa shape index (κ2) is 7.95. The van der Waals surface area contributed by atoms with E-state index in [1.807, 2.05) is 25.1 Å². The second-order valence-corrected chi connectivity index (χ2v) is 6.54. The number of ether oxygens (including phenoxy) is 1. The van der Waals surface area contributed by atoms with Crippen LogP contribution in [-0.2, 0) is 4.74 Å². The van der Waals surface area contributed by atoms with Crippen LogP contribution < -0.4 is 10.2 Å². The molecular formula is C17H22ClN5O2. The van der Waals surface area contributed by atoms with Crippen molar-refractivity contribution in [1.82, 2.24) is 20.2 Å². The molecule has 1 fully saturated rings. The molecule has 1 amide bonds. The Hall–Kier alpha value is -1.96. The molecule has 0 atom stereocenters. The largest absolute Gasteiger partial charge is 0.378 e. The number of carbonyl (C=O) groups is 1. The Morgan fingerprint density at radius 1 is 1.32 bits per heavy atom. The predicted molar refractivity (Wildman–Crippen MR) is 98.5 cm³/mol. The average Bonchev–Trinajstić information content (AvgIpc) is 2.60. The molecule has 3 rings (SSSR count). The molecule has 1 aliphatic rings. The van der Waals surface area contributed by atoms with Gasteiger partial charge in [-0.2, -0.15) is 4.98 Å². The van der Waals surface area contributed by atoms with Gasteiger partial charge in [0.1, 0.15) is 5.82 Å². The van der Waals surface area contributed by atoms with Crippen LogP contribution >= 0.6 is 11.6 Å². The number of rotatable bonds is 5. The Labute approximate surface area is 151 Å². The number of morpholine rings is 1. The van der Waals surface area contributed by atoms with Crippen LogP contribution in [-0.4, -0.2) is 74.3 Å². The van der Waals surface area contributed by atoms with Crippen molar-refractivity contribution in [2.45, 2.75) is 0 Å². The Kier molecular flexibility index (Phi) is 5.67. The number of aromatic nitrogens is 2. The second-order valence-electron chi connectivity index (χ2n) is 6.21. The first kappa shape index (κ1) is 17.8. The maximum atomic E-state index is 12.3. The summed E-state index contributed by atoms with van der Waals surface area (Å²) in [5.41, 5.74) is 1.23. The molecule has 7 nitrogen and oxygen atoms in total. The summed E-state index contributed by atoms with van der Waals surface area (Å²) in [5, 5.41) is 3.97. The van der Waals surface area contributed by atoms with Crippen LogP contribution in [0, 0.1) is 0 Å². The van der Waals surface area contributed by atoms with Gasteiger partial charge in [0, 0.05) is 37.1 Å². The first-order chi connectivity index (χ1) is 12.0. The van der Waals surface area contributed by atoms with Gasteiger partial charge in [-0.3, -0.25) is 4.79 Å². The molecule has 0 spiro atoms. The lowest BCUT2D eigenvalue weighted by atomic mass is 10.1. The molecule has 2 aromatic rings. The number of benzene rings is 1. The summed E-state index contributed by atoms with van der Waals surface area (Å²) in [5.74, 6) is 0.671. The van der Waals surface area contributed by atoms with E-state index in [1.165, 1.54) is 0 Å². The van der Waals surface area contributed by atoms with Crippen LogP contribution in [0.3, 0.4) is 0 Å². The van der Waals surface area contributed by atoms with Crippen molar-refractivity contribution in [3.8, 4) is 0 Å². The molecule has 2 heterocycles. The van der Waals surface area contributed by atoms with Gasteiger partial charge in [-0.05, 0) is 43.9 Å². The normalized spacial score (nSPS) is 15.0. The van der Waals surface area contributed by atoms with Crippen LogP contribution in [0.2, 0.25) is 5.28 Å². The highest BCUT2D eigenvalue weighted by atomic mass is 35.5. The fourth-order valence-corrected chi connectivity index (χ4v) is 2.91. The van der Waals surface area contributed by atoms with E-state index in [-0.39, 0.29) is 11.2 Å². The van der Waals surface area contributed by atoms with Gasteiger partial charge in [0.05, 0.1) is 18.7 Å². The van der Waals surface area contributed by atoms with Crippen molar-refractivity contribution < 1.29 is 9.53 Å². The summed E-state index contributed by atoms with van der Waals surface area (Å²) in [6.45, 7) is 4.22. The number of amides is 1. The number of likely N-dealkylation sites (N-methyl/N-ethyl adjacent to an activating group) is 1. The zero-order chi connectivity index (χ0) is 17.8. The van der Waals surface area contributed by atoms with Crippen molar-refractivity contribution in [3.63, 3.8) is 0 Å². The lowest BCUT2D eigenvalue weighted by Gasteiger charge is -2.28. The first-order valence-electron chi connectivity index (χ1n) is 8.27. The Morgan fingerprint density at radius 3 is 2.80 bits per heavy atom. The van der Waals surface area contributed by atoms with Crippen LogP contribution in [0.15, 0.2) is 18.2 Å². The Bertz CT molecular complexity index is 762. The maximum absolute atomic E-state index is 12.3. The minimum absolute atomic E-state index is 0.119. The number of nitrogens with one attached hydrogen (secondary N) is 1. The van der Waals surface area contributed by atoms with Gasteiger partial charge >= 0.3 is 0 Å². The summed E-state index contributed by atoms with van der Waals surface area (Å²) >= 11 is 6.11. The van der Waals surface area contributed by atoms with Gasteiger partial charge in [0.25, 0.3) is 5.91 Å². The van der Waals surface area contributed by atoms with Crippen LogP contribution in [0.5, 0.6) is 0 Å². The molecular weight excluding hydrogens is 342 g/mol. The van der Waals surface area contributed by atoms with Gasteiger partial charge in [-0.25, -0.2) is 4.98 Å². The van der Waals surface area contributed by atoms with E-state index in [0.717, 1.165) is 30.8 Å². The third-order valence-corrected chi connectivity index (χ3v) is 4.24. The van der Waals surface area contributed by atoms with Crippen LogP contribution in [0.25, 0.3) is 10.9 Å². The number of carbonyl (C=O) groups excluding carboxylic acids is 1. The molecule has 8 heteroatoms. The molecule has 0 aliphatic carbocycles. The molecule has 0 bridgehead atoms. The van der Waals surface area contributed by atoms with Crippen LogP contribution in [0.1, 0.15) is 10.4 Å². The number of anilines is 1. The zero-order valence-electron chi connectivity index (χ0n) is 14.5. The number of fused-ring (bicyclic) bond motifs is 1. The Balaban J connectivity index is 1.86. The highest BCUT2D eigenvalue weighted by Gasteiger charge is 2.18. The van der Waals surface area contributed by atoms with Crippen molar-refractivity contribution in [1.29, 1.82) is 0 Å². The number of hydrogen-bond acceptors (Lipinski definition) is 6. The van der Waals surface area contributed by atoms with Gasteiger partial charge in [-0.1, -0.05) is 0 Å². The monoisotopic (exact) mass is 363 g/mol. The summed E-state index contributed by atoms with van der Waals surface area (Å²) < 4.78 is 5.39. The standard InChI is InChI=1S/C17H22ClN5O2/c1-22(2)6-5-19-16(24)12-3-4-13-14(11-12)20-17(18)21-15(13)23-7-9-25-10-8-23/h3-4,11H,5-10H2,1-2H3,(H,19,24). The number of halogens is 1. The topological polar surface area (TPSA) is 70.6 Å². The quantitative estimate of drug-likeness (QED) is 0.810. The van der Waals surface area contributed by atoms with Gasteiger partial charge < -0.3 is 19.9 Å². The van der Waals surface area contributed by atoms with E-state index >= 15 is 0 Å². The first-order valence-corrected chi connectivity index (χ1v) is 8.65. The highest BCUT2D eigenvalue weighted by molar-refractivity contribution is 6.28. The summed E-state index contributed by atoms with van der Waals surface area (Å²) in [6, 6.07) is 5.45. The van der Waals surface area contributed by atoms with E-state index < -0.39 is 0 Å². The van der Waals surface area contributed by atoms with E-state index in [9.17, 15) is 4.79 Å². The fraction of sp³-hybridized carbons (Fsp3) is 0.471. The van der Waals surface area contributed by atoms with Gasteiger partial charge in [-0.15, -0.1) is 0 Å². The van der Waals surface area contributed by atoms with Crippen molar-refractivity contribution in [2.75, 3.05) is 58.4 Å². The lowest BCUT2D eigenvalue weighted by Crippen LogP contribution is -2.37. The van der Waals surface area contributed by atoms with Crippen LogP contribution in [0.4, 0.5) is 5.82 Å². The van der Waals surface area contributed by atoms with Gasteiger partial charge in [0.15, 0.2) is 0 Å². The molecule has 0 radical (unpaired) electrons. The molecule has 25 heavy (non-hydrogen) atoms. The zero-order valence-corrected chi connectivity index (χ0v) is 15.2. The summed E-state index contributed by atoms with van der Waals surface area (Å²) in [6.07, 6.45) is 0. The molecule has 1 N–H and O–H groups in total. The van der Waals surface area contributed by atoms with E-state index in [1.54, 1.807) is 12.1 Å². The summed E-state index contributed by atoms with van der Waals surface area (Å²) in [4.78, 5) is 25.1. The fourth-order valence-electron chi connectivity index (χ4n) is 2.74. The van der Waals surface area contributed by atoms with Crippen molar-refractivity contribution in [3.05, 3.63) is 29.0 Å². The molecule has 134 valence electrons. The molecule has 1 aromatic carbocycles. The van der Waals surface area contributed by atoms with E-state index in [4.69, 9.17) is 16.3 Å². The smallest absolute Gasteiger partial charge is 0.251 e. The third-order valence-electron chi connectivity index (χ3n) is 4.07. The minimum Gasteiger partial charge on any atom is -0.378 e. The van der Waals surface area contributed by atoms with Gasteiger partial charge in [0.2, 0.25) is 5.28 Å². The summed E-state index contributed by atoms with van der Waals surface area (Å²) in [7, 11) is 3.93. The number of hydrogen-bond donors (Lipinski definition) is 1. The third kappa shape index (κ3) is 4.36. The molecule has 0 saturated carbocycles. The Morgan fingerprint density at radius 2 is 2.08 bits per heavy atom. The molecule has 1 aliphatic heterocycles. The molecule has 1 saturated heterocycles. The SMILES string of the molecule is CN(C)CCNC(=O)c1ccc2c(N3CCOCC3)nc(Cl)nc2c1. The van der Waals surface area contributed by atoms with Crippen molar-refractivity contribution >= 4 is 34.2 Å². The van der Waals surface area contributed by atoms with Crippen molar-refractivity contribution in [2.24, 2.45) is 0 Å².